The number of carbonyl (C=O) groups is 1. The Labute approximate surface area is 143 Å². The number of likely N-dealkylation sites (tertiary alicyclic amines) is 1. The third-order valence-corrected chi connectivity index (χ3v) is 3.96. The molecule has 128 valence electrons. The van der Waals surface area contributed by atoms with Crippen LogP contribution in [0.4, 0.5) is 0 Å². The minimum atomic E-state index is -0.211. The van der Waals surface area contributed by atoms with Gasteiger partial charge in [0.2, 0.25) is 5.91 Å². The molecule has 2 heterocycles. The first kappa shape index (κ1) is 19.5. The average molecular weight is 339 g/mol. The summed E-state index contributed by atoms with van der Waals surface area (Å²) in [7, 11) is 1.92. The molecule has 1 aliphatic rings. The standard InChI is InChI=1S/C9H9ClN2.C6H12N2O.C2H6/c1-6-3-4-8(10)7-5-11-12(2)9(6)7;7-6(9)5-8-3-1-2-4-8;1-2/h3-5H,1-2H3;1-5H2,(H2,7,9);1-2H3. The van der Waals surface area contributed by atoms with Crippen LogP contribution in [-0.2, 0) is 11.8 Å². The quantitative estimate of drug-likeness (QED) is 0.915. The molecule has 0 aliphatic carbocycles. The van der Waals surface area contributed by atoms with Gasteiger partial charge < -0.3 is 5.73 Å². The number of halogens is 1. The van der Waals surface area contributed by atoms with Crippen molar-refractivity contribution in [2.24, 2.45) is 12.8 Å². The molecule has 0 radical (unpaired) electrons. The zero-order chi connectivity index (χ0) is 17.4. The van der Waals surface area contributed by atoms with Gasteiger partial charge >= 0.3 is 0 Å². The minimum absolute atomic E-state index is 0.211. The summed E-state index contributed by atoms with van der Waals surface area (Å²) in [5.41, 5.74) is 7.31. The molecule has 2 N–H and O–H groups in total. The molecule has 6 heteroatoms. The van der Waals surface area contributed by atoms with Crippen LogP contribution in [0, 0.1) is 6.92 Å². The number of nitrogens with zero attached hydrogens (tertiary/aromatic N) is 3. The molecule has 5 nitrogen and oxygen atoms in total. The maximum absolute atomic E-state index is 10.3. The number of hydrogen-bond donors (Lipinski definition) is 1. The van der Waals surface area contributed by atoms with E-state index < -0.39 is 0 Å². The number of nitrogens with two attached hydrogens (primary N) is 1. The summed E-state index contributed by atoms with van der Waals surface area (Å²) in [6.07, 6.45) is 4.23. The highest BCUT2D eigenvalue weighted by atomic mass is 35.5. The predicted octanol–water partition coefficient (Wildman–Crippen LogP) is 3.13. The first-order valence-electron chi connectivity index (χ1n) is 8.06. The summed E-state index contributed by atoms with van der Waals surface area (Å²) in [5, 5.41) is 5.94. The van der Waals surface area contributed by atoms with Gasteiger partial charge in [0.15, 0.2) is 0 Å². The maximum atomic E-state index is 10.3. The Morgan fingerprint density at radius 3 is 2.43 bits per heavy atom. The van der Waals surface area contributed by atoms with E-state index in [1.807, 2.05) is 37.7 Å². The molecular formula is C17H27ClN4O. The minimum Gasteiger partial charge on any atom is -0.369 e. The molecule has 0 unspecified atom stereocenters. The average Bonchev–Trinajstić information content (AvgIpc) is 3.16. The van der Waals surface area contributed by atoms with E-state index >= 15 is 0 Å². The van der Waals surface area contributed by atoms with E-state index in [-0.39, 0.29) is 5.91 Å². The third-order valence-electron chi connectivity index (χ3n) is 3.63. The lowest BCUT2D eigenvalue weighted by molar-refractivity contribution is -0.118. The number of aryl methyl sites for hydroxylation is 2. The first-order valence-corrected chi connectivity index (χ1v) is 8.44. The molecular weight excluding hydrogens is 312 g/mol. The van der Waals surface area contributed by atoms with E-state index in [0.717, 1.165) is 29.0 Å². The molecule has 2 aromatic rings. The monoisotopic (exact) mass is 338 g/mol. The fourth-order valence-electron chi connectivity index (χ4n) is 2.61. The van der Waals surface area contributed by atoms with Crippen LogP contribution in [0.25, 0.3) is 10.9 Å². The molecule has 23 heavy (non-hydrogen) atoms. The van der Waals surface area contributed by atoms with Crippen LogP contribution in [-0.4, -0.2) is 40.2 Å². The smallest absolute Gasteiger partial charge is 0.231 e. The van der Waals surface area contributed by atoms with Crippen LogP contribution in [0.2, 0.25) is 5.02 Å². The Hall–Kier alpha value is -1.59. The molecule has 3 rings (SSSR count). The molecule has 1 aromatic heterocycles. The molecule has 0 spiro atoms. The summed E-state index contributed by atoms with van der Waals surface area (Å²) >= 11 is 5.99. The van der Waals surface area contributed by atoms with E-state index in [1.165, 1.54) is 18.4 Å². The zero-order valence-corrected chi connectivity index (χ0v) is 15.2. The summed E-state index contributed by atoms with van der Waals surface area (Å²) in [6, 6.07) is 3.91. The number of rotatable bonds is 2. The SMILES string of the molecule is CC.Cc1ccc(Cl)c2cnn(C)c12.NC(=O)CN1CCCC1. The number of amides is 1. The summed E-state index contributed by atoms with van der Waals surface area (Å²) < 4.78 is 1.84. The van der Waals surface area contributed by atoms with Crippen molar-refractivity contribution >= 4 is 28.4 Å². The molecule has 1 saturated heterocycles. The Kier molecular flexibility index (Phi) is 8.06. The molecule has 0 saturated carbocycles. The highest BCUT2D eigenvalue weighted by molar-refractivity contribution is 6.35. The number of aromatic nitrogens is 2. The Morgan fingerprint density at radius 1 is 1.30 bits per heavy atom. The van der Waals surface area contributed by atoms with Gasteiger partial charge in [-0.25, -0.2) is 0 Å². The summed E-state index contributed by atoms with van der Waals surface area (Å²) in [6.45, 7) is 8.59. The molecule has 0 atom stereocenters. The van der Waals surface area contributed by atoms with Crippen molar-refractivity contribution in [2.75, 3.05) is 19.6 Å². The topological polar surface area (TPSA) is 64.2 Å². The van der Waals surface area contributed by atoms with Crippen molar-refractivity contribution in [3.8, 4) is 0 Å². The van der Waals surface area contributed by atoms with Crippen molar-refractivity contribution in [3.05, 3.63) is 28.9 Å². The van der Waals surface area contributed by atoms with Gasteiger partial charge in [0.05, 0.1) is 23.3 Å². The Balaban J connectivity index is 0.000000215. The van der Waals surface area contributed by atoms with E-state index in [1.54, 1.807) is 6.20 Å². The van der Waals surface area contributed by atoms with Crippen molar-refractivity contribution in [1.29, 1.82) is 0 Å². The molecule has 1 amide bonds. The lowest BCUT2D eigenvalue weighted by Crippen LogP contribution is -2.31. The van der Waals surface area contributed by atoms with Crippen LogP contribution in [0.1, 0.15) is 32.3 Å². The highest BCUT2D eigenvalue weighted by Gasteiger charge is 2.12. The maximum Gasteiger partial charge on any atom is 0.231 e. The lowest BCUT2D eigenvalue weighted by Gasteiger charge is -2.09. The van der Waals surface area contributed by atoms with Crippen LogP contribution in [0.3, 0.4) is 0 Å². The van der Waals surface area contributed by atoms with Crippen LogP contribution >= 0.6 is 11.6 Å². The van der Waals surface area contributed by atoms with Crippen LogP contribution in [0.15, 0.2) is 18.3 Å². The second kappa shape index (κ2) is 9.53. The largest absolute Gasteiger partial charge is 0.369 e. The third kappa shape index (κ3) is 5.52. The normalized spacial score (nSPS) is 14.0. The van der Waals surface area contributed by atoms with Gasteiger partial charge in [-0.15, -0.1) is 0 Å². The van der Waals surface area contributed by atoms with Crippen molar-refractivity contribution in [2.45, 2.75) is 33.6 Å². The van der Waals surface area contributed by atoms with Gasteiger partial charge in [-0.2, -0.15) is 5.10 Å². The number of hydrogen-bond acceptors (Lipinski definition) is 3. The van der Waals surface area contributed by atoms with Gasteiger partial charge in [-0.05, 0) is 44.5 Å². The Bertz CT molecular complexity index is 633. The second-order valence-corrected chi connectivity index (χ2v) is 5.75. The van der Waals surface area contributed by atoms with E-state index in [4.69, 9.17) is 17.3 Å². The number of benzene rings is 1. The number of carbonyl (C=O) groups excluding carboxylic acids is 1. The first-order chi connectivity index (χ1) is 11.0. The molecule has 0 bridgehead atoms. The van der Waals surface area contributed by atoms with E-state index in [9.17, 15) is 4.79 Å². The van der Waals surface area contributed by atoms with Gasteiger partial charge in [0, 0.05) is 12.4 Å². The van der Waals surface area contributed by atoms with Crippen molar-refractivity contribution < 1.29 is 4.79 Å². The fourth-order valence-corrected chi connectivity index (χ4v) is 2.81. The van der Waals surface area contributed by atoms with Crippen molar-refractivity contribution in [3.63, 3.8) is 0 Å². The second-order valence-electron chi connectivity index (χ2n) is 5.34. The van der Waals surface area contributed by atoms with Gasteiger partial charge in [-0.3, -0.25) is 14.4 Å². The molecule has 1 aromatic carbocycles. The predicted molar refractivity (Wildman–Crippen MR) is 96.7 cm³/mol. The van der Waals surface area contributed by atoms with Crippen LogP contribution in [0.5, 0.6) is 0 Å². The zero-order valence-electron chi connectivity index (χ0n) is 14.5. The highest BCUT2D eigenvalue weighted by Crippen LogP contribution is 2.25. The lowest BCUT2D eigenvalue weighted by atomic mass is 10.2. The molecule has 1 fully saturated rings. The number of primary amides is 1. The molecule has 1 aliphatic heterocycles. The fraction of sp³-hybridized carbons (Fsp3) is 0.529. The van der Waals surface area contributed by atoms with Crippen molar-refractivity contribution in [1.82, 2.24) is 14.7 Å². The van der Waals surface area contributed by atoms with E-state index in [2.05, 4.69) is 16.9 Å². The van der Waals surface area contributed by atoms with Gasteiger partial charge in [-0.1, -0.05) is 31.5 Å². The van der Waals surface area contributed by atoms with Gasteiger partial charge in [0.25, 0.3) is 0 Å². The summed E-state index contributed by atoms with van der Waals surface area (Å²) in [5.74, 6) is -0.211. The van der Waals surface area contributed by atoms with Gasteiger partial charge in [0.1, 0.15) is 0 Å². The summed E-state index contributed by atoms with van der Waals surface area (Å²) in [4.78, 5) is 12.4. The van der Waals surface area contributed by atoms with Crippen LogP contribution < -0.4 is 5.73 Å². The number of fused-ring (bicyclic) bond motifs is 1. The Morgan fingerprint density at radius 2 is 1.91 bits per heavy atom. The van der Waals surface area contributed by atoms with E-state index in [0.29, 0.717) is 6.54 Å².